The van der Waals surface area contributed by atoms with E-state index in [0.29, 0.717) is 37.5 Å². The Hall–Kier alpha value is -1.44. The zero-order chi connectivity index (χ0) is 17.7. The summed E-state index contributed by atoms with van der Waals surface area (Å²) in [7, 11) is -3.45. The zero-order valence-electron chi connectivity index (χ0n) is 14.4. The van der Waals surface area contributed by atoms with Gasteiger partial charge in [0.25, 0.3) is 0 Å². The second kappa shape index (κ2) is 8.09. The standard InChI is InChI=1S/C17H26N2O4S/c1-14-6-7-15(2)16(13-14)24(22,23)19-11-9-18(10-12-19)8-4-3-5-17(20)21/h6-7,13H,3-5,8-12H2,1-2H3,(H,20,21). The Labute approximate surface area is 144 Å². The van der Waals surface area contributed by atoms with Crippen molar-refractivity contribution in [2.45, 2.75) is 38.0 Å². The molecule has 24 heavy (non-hydrogen) atoms. The first-order chi connectivity index (χ1) is 11.3. The molecule has 1 saturated heterocycles. The number of rotatable bonds is 7. The highest BCUT2D eigenvalue weighted by Crippen LogP contribution is 2.22. The number of carboxylic acids is 1. The number of nitrogens with zero attached hydrogens (tertiary/aromatic N) is 2. The summed E-state index contributed by atoms with van der Waals surface area (Å²) in [4.78, 5) is 13.1. The highest BCUT2D eigenvalue weighted by atomic mass is 32.2. The quantitative estimate of drug-likeness (QED) is 0.756. The Bertz CT molecular complexity index is 680. The monoisotopic (exact) mass is 354 g/mol. The van der Waals surface area contributed by atoms with Gasteiger partial charge in [0.15, 0.2) is 0 Å². The molecule has 1 aromatic carbocycles. The molecule has 1 heterocycles. The minimum Gasteiger partial charge on any atom is -0.481 e. The van der Waals surface area contributed by atoms with Gasteiger partial charge < -0.3 is 10.0 Å². The maximum absolute atomic E-state index is 12.8. The van der Waals surface area contributed by atoms with Gasteiger partial charge >= 0.3 is 5.97 Å². The van der Waals surface area contributed by atoms with Crippen LogP contribution in [0, 0.1) is 13.8 Å². The molecule has 0 spiro atoms. The van der Waals surface area contributed by atoms with E-state index in [1.165, 1.54) is 0 Å². The topological polar surface area (TPSA) is 77.9 Å². The lowest BCUT2D eigenvalue weighted by atomic mass is 10.2. The third kappa shape index (κ3) is 4.78. The fourth-order valence-electron chi connectivity index (χ4n) is 2.93. The van der Waals surface area contributed by atoms with E-state index in [9.17, 15) is 13.2 Å². The number of aliphatic carboxylic acids is 1. The van der Waals surface area contributed by atoms with Crippen LogP contribution < -0.4 is 0 Å². The van der Waals surface area contributed by atoms with E-state index in [0.717, 1.165) is 24.1 Å². The normalized spacial score (nSPS) is 17.1. The number of piperazine rings is 1. The number of benzene rings is 1. The van der Waals surface area contributed by atoms with Gasteiger partial charge in [0.2, 0.25) is 10.0 Å². The van der Waals surface area contributed by atoms with Crippen molar-refractivity contribution in [1.82, 2.24) is 9.21 Å². The first-order valence-electron chi connectivity index (χ1n) is 8.32. The van der Waals surface area contributed by atoms with Gasteiger partial charge in [-0.25, -0.2) is 8.42 Å². The fraction of sp³-hybridized carbons (Fsp3) is 0.588. The van der Waals surface area contributed by atoms with E-state index in [-0.39, 0.29) is 6.42 Å². The molecule has 0 saturated carbocycles. The van der Waals surface area contributed by atoms with E-state index in [1.807, 2.05) is 26.0 Å². The summed E-state index contributed by atoms with van der Waals surface area (Å²) in [6.45, 7) is 6.89. The average Bonchev–Trinajstić information content (AvgIpc) is 2.54. The number of carboxylic acid groups (broad SMARTS) is 1. The molecule has 0 aliphatic carbocycles. The van der Waals surface area contributed by atoms with Crippen molar-refractivity contribution < 1.29 is 18.3 Å². The molecule has 134 valence electrons. The van der Waals surface area contributed by atoms with Crippen LogP contribution in [0.5, 0.6) is 0 Å². The maximum atomic E-state index is 12.8. The van der Waals surface area contributed by atoms with E-state index < -0.39 is 16.0 Å². The minimum atomic E-state index is -3.45. The van der Waals surface area contributed by atoms with Crippen LogP contribution in [-0.2, 0) is 14.8 Å². The number of aryl methyl sites for hydroxylation is 2. The van der Waals surface area contributed by atoms with Gasteiger partial charge in [-0.3, -0.25) is 4.79 Å². The van der Waals surface area contributed by atoms with E-state index in [1.54, 1.807) is 10.4 Å². The third-order valence-electron chi connectivity index (χ3n) is 4.41. The second-order valence-corrected chi connectivity index (χ2v) is 8.27. The maximum Gasteiger partial charge on any atom is 0.303 e. The fourth-order valence-corrected chi connectivity index (χ4v) is 4.66. The molecule has 0 unspecified atom stereocenters. The third-order valence-corrected chi connectivity index (χ3v) is 6.45. The van der Waals surface area contributed by atoms with Crippen molar-refractivity contribution in [3.8, 4) is 0 Å². The Balaban J connectivity index is 1.91. The van der Waals surface area contributed by atoms with Crippen LogP contribution in [0.15, 0.2) is 23.1 Å². The Morgan fingerprint density at radius 3 is 2.42 bits per heavy atom. The molecular weight excluding hydrogens is 328 g/mol. The Morgan fingerprint density at radius 1 is 1.12 bits per heavy atom. The lowest BCUT2D eigenvalue weighted by Gasteiger charge is -2.34. The Kier molecular flexibility index (Phi) is 6.37. The number of unbranched alkanes of at least 4 members (excludes halogenated alkanes) is 1. The molecule has 7 heteroatoms. The molecule has 0 bridgehead atoms. The summed E-state index contributed by atoms with van der Waals surface area (Å²) in [6.07, 6.45) is 1.69. The van der Waals surface area contributed by atoms with Crippen molar-refractivity contribution in [3.63, 3.8) is 0 Å². The molecule has 6 nitrogen and oxygen atoms in total. The molecule has 1 aromatic rings. The first kappa shape index (κ1) is 18.9. The molecule has 1 N–H and O–H groups in total. The van der Waals surface area contributed by atoms with Crippen LogP contribution in [-0.4, -0.2) is 61.4 Å². The molecular formula is C17H26N2O4S. The van der Waals surface area contributed by atoms with Crippen molar-refractivity contribution in [2.24, 2.45) is 0 Å². The summed E-state index contributed by atoms with van der Waals surface area (Å²) in [5, 5.41) is 8.64. The Morgan fingerprint density at radius 2 is 1.79 bits per heavy atom. The summed E-state index contributed by atoms with van der Waals surface area (Å²) >= 11 is 0. The molecule has 0 amide bonds. The van der Waals surface area contributed by atoms with Crippen molar-refractivity contribution >= 4 is 16.0 Å². The van der Waals surface area contributed by atoms with Crippen LogP contribution >= 0.6 is 0 Å². The highest BCUT2D eigenvalue weighted by molar-refractivity contribution is 7.89. The molecule has 1 aliphatic rings. The number of sulfonamides is 1. The van der Waals surface area contributed by atoms with E-state index in [2.05, 4.69) is 4.90 Å². The summed E-state index contributed by atoms with van der Waals surface area (Å²) in [5.41, 5.74) is 1.72. The zero-order valence-corrected chi connectivity index (χ0v) is 15.2. The van der Waals surface area contributed by atoms with Gasteiger partial charge in [-0.05, 0) is 50.4 Å². The van der Waals surface area contributed by atoms with Crippen molar-refractivity contribution in [3.05, 3.63) is 29.3 Å². The largest absolute Gasteiger partial charge is 0.481 e. The molecule has 1 aliphatic heterocycles. The summed E-state index contributed by atoms with van der Waals surface area (Å²) in [6, 6.07) is 5.51. The van der Waals surface area contributed by atoms with Gasteiger partial charge in [0.05, 0.1) is 4.90 Å². The summed E-state index contributed by atoms with van der Waals surface area (Å²) < 4.78 is 27.2. The van der Waals surface area contributed by atoms with Gasteiger partial charge in [0, 0.05) is 32.6 Å². The first-order valence-corrected chi connectivity index (χ1v) is 9.76. The molecule has 0 radical (unpaired) electrons. The van der Waals surface area contributed by atoms with Gasteiger partial charge in [-0.1, -0.05) is 12.1 Å². The van der Waals surface area contributed by atoms with Crippen LogP contribution in [0.25, 0.3) is 0 Å². The molecule has 2 rings (SSSR count). The molecule has 0 aromatic heterocycles. The highest BCUT2D eigenvalue weighted by Gasteiger charge is 2.29. The minimum absolute atomic E-state index is 0.195. The van der Waals surface area contributed by atoms with Crippen LogP contribution in [0.1, 0.15) is 30.4 Å². The van der Waals surface area contributed by atoms with Crippen LogP contribution in [0.3, 0.4) is 0 Å². The predicted molar refractivity (Wildman–Crippen MR) is 92.6 cm³/mol. The smallest absolute Gasteiger partial charge is 0.303 e. The van der Waals surface area contributed by atoms with Crippen molar-refractivity contribution in [1.29, 1.82) is 0 Å². The second-order valence-electron chi connectivity index (χ2n) is 6.37. The van der Waals surface area contributed by atoms with Gasteiger partial charge in [0.1, 0.15) is 0 Å². The molecule has 1 fully saturated rings. The van der Waals surface area contributed by atoms with E-state index >= 15 is 0 Å². The van der Waals surface area contributed by atoms with Gasteiger partial charge in [-0.2, -0.15) is 4.31 Å². The van der Waals surface area contributed by atoms with E-state index in [4.69, 9.17) is 5.11 Å². The lowest BCUT2D eigenvalue weighted by Crippen LogP contribution is -2.48. The molecule has 0 atom stereocenters. The number of hydrogen-bond acceptors (Lipinski definition) is 4. The van der Waals surface area contributed by atoms with Crippen LogP contribution in [0.4, 0.5) is 0 Å². The SMILES string of the molecule is Cc1ccc(C)c(S(=O)(=O)N2CCN(CCCCC(=O)O)CC2)c1. The van der Waals surface area contributed by atoms with Crippen LogP contribution in [0.2, 0.25) is 0 Å². The summed E-state index contributed by atoms with van der Waals surface area (Å²) in [5.74, 6) is -0.764. The number of hydrogen-bond donors (Lipinski definition) is 1. The number of carbonyl (C=O) groups is 1. The van der Waals surface area contributed by atoms with Crippen molar-refractivity contribution in [2.75, 3.05) is 32.7 Å². The van der Waals surface area contributed by atoms with Gasteiger partial charge in [-0.15, -0.1) is 0 Å². The lowest BCUT2D eigenvalue weighted by molar-refractivity contribution is -0.137. The predicted octanol–water partition coefficient (Wildman–Crippen LogP) is 1.86. The average molecular weight is 354 g/mol.